The highest BCUT2D eigenvalue weighted by molar-refractivity contribution is 6.37. The topological polar surface area (TPSA) is 90.5 Å². The summed E-state index contributed by atoms with van der Waals surface area (Å²) >= 11 is 6.24. The van der Waals surface area contributed by atoms with Gasteiger partial charge in [-0.1, -0.05) is 17.7 Å². The lowest BCUT2D eigenvalue weighted by atomic mass is 10.2. The Labute approximate surface area is 142 Å². The summed E-state index contributed by atoms with van der Waals surface area (Å²) in [6, 6.07) is 5.32. The van der Waals surface area contributed by atoms with Crippen LogP contribution in [0.15, 0.2) is 24.4 Å². The summed E-state index contributed by atoms with van der Waals surface area (Å²) in [6.07, 6.45) is 1.69. The molecule has 0 saturated carbocycles. The zero-order chi connectivity index (χ0) is 17.4. The van der Waals surface area contributed by atoms with Crippen LogP contribution in [0.2, 0.25) is 5.02 Å². The second kappa shape index (κ2) is 5.97. The van der Waals surface area contributed by atoms with E-state index in [0.717, 1.165) is 0 Å². The molecular weight excluding hydrogens is 334 g/mol. The number of aromatic nitrogens is 4. The summed E-state index contributed by atoms with van der Waals surface area (Å²) in [5.41, 5.74) is 1.55. The molecule has 0 aliphatic rings. The molecule has 0 unspecified atom stereocenters. The number of fused-ring (bicyclic) bond motifs is 1. The molecule has 0 aliphatic heterocycles. The van der Waals surface area contributed by atoms with Crippen molar-refractivity contribution < 1.29 is 14.3 Å². The zero-order valence-electron chi connectivity index (χ0n) is 13.2. The Morgan fingerprint density at radius 1 is 1.29 bits per heavy atom. The van der Waals surface area contributed by atoms with Gasteiger partial charge in [0.2, 0.25) is 0 Å². The molecule has 3 heterocycles. The normalized spacial score (nSPS) is 10.8. The molecule has 0 bridgehead atoms. The number of halogens is 1. The number of nitrogens with one attached hydrogen (secondary N) is 1. The van der Waals surface area contributed by atoms with Crippen LogP contribution in [0.4, 0.5) is 5.69 Å². The molecule has 0 aliphatic carbocycles. The van der Waals surface area contributed by atoms with Crippen LogP contribution >= 0.6 is 11.6 Å². The van der Waals surface area contributed by atoms with Crippen LogP contribution in [-0.2, 0) is 11.8 Å². The molecule has 24 heavy (non-hydrogen) atoms. The number of methoxy groups -OCH3 is 1. The number of aryl methyl sites for hydroxylation is 2. The van der Waals surface area contributed by atoms with Crippen LogP contribution in [0.3, 0.4) is 0 Å². The van der Waals surface area contributed by atoms with E-state index in [-0.39, 0.29) is 22.1 Å². The number of esters is 1. The SMILES string of the molecule is COC(=O)c1c(NC(=O)c2nn3ccccc3c2Cl)c(C)nn1C. The third kappa shape index (κ3) is 2.50. The van der Waals surface area contributed by atoms with Crippen LogP contribution in [0.1, 0.15) is 26.7 Å². The van der Waals surface area contributed by atoms with E-state index in [1.54, 1.807) is 38.4 Å². The Bertz CT molecular complexity index is 960. The number of pyridine rings is 1. The van der Waals surface area contributed by atoms with Gasteiger partial charge in [-0.15, -0.1) is 0 Å². The third-order valence-corrected chi connectivity index (χ3v) is 3.91. The average Bonchev–Trinajstić information content (AvgIpc) is 3.04. The first-order valence-electron chi connectivity index (χ1n) is 7.00. The highest BCUT2D eigenvalue weighted by Gasteiger charge is 2.25. The van der Waals surface area contributed by atoms with E-state index in [0.29, 0.717) is 11.2 Å². The molecule has 0 atom stereocenters. The molecular formula is C15H14ClN5O3. The number of ether oxygens (including phenoxy) is 1. The first-order valence-corrected chi connectivity index (χ1v) is 7.38. The van der Waals surface area contributed by atoms with Crippen LogP contribution < -0.4 is 5.32 Å². The van der Waals surface area contributed by atoms with Crippen molar-refractivity contribution in [3.63, 3.8) is 0 Å². The van der Waals surface area contributed by atoms with E-state index < -0.39 is 11.9 Å². The smallest absolute Gasteiger partial charge is 0.358 e. The summed E-state index contributed by atoms with van der Waals surface area (Å²) < 4.78 is 7.59. The van der Waals surface area contributed by atoms with Crippen molar-refractivity contribution in [2.45, 2.75) is 6.92 Å². The molecule has 124 valence electrons. The summed E-state index contributed by atoms with van der Waals surface area (Å²) in [4.78, 5) is 24.5. The predicted molar refractivity (Wildman–Crippen MR) is 87.4 cm³/mol. The third-order valence-electron chi connectivity index (χ3n) is 3.53. The second-order valence-corrected chi connectivity index (χ2v) is 5.45. The molecule has 0 fully saturated rings. The highest BCUT2D eigenvalue weighted by atomic mass is 35.5. The van der Waals surface area contributed by atoms with Crippen LogP contribution in [0, 0.1) is 6.92 Å². The monoisotopic (exact) mass is 347 g/mol. The van der Waals surface area contributed by atoms with Crippen molar-refractivity contribution in [2.24, 2.45) is 7.05 Å². The average molecular weight is 348 g/mol. The minimum atomic E-state index is -0.602. The van der Waals surface area contributed by atoms with Crippen LogP contribution in [0.25, 0.3) is 5.52 Å². The van der Waals surface area contributed by atoms with Gasteiger partial charge in [-0.25, -0.2) is 9.31 Å². The zero-order valence-corrected chi connectivity index (χ0v) is 14.0. The van der Waals surface area contributed by atoms with Crippen molar-refractivity contribution in [3.05, 3.63) is 46.5 Å². The van der Waals surface area contributed by atoms with Gasteiger partial charge in [0.25, 0.3) is 5.91 Å². The summed E-state index contributed by atoms with van der Waals surface area (Å²) in [5.74, 6) is -1.14. The van der Waals surface area contributed by atoms with Crippen LogP contribution in [0.5, 0.6) is 0 Å². The van der Waals surface area contributed by atoms with E-state index in [1.807, 2.05) is 0 Å². The molecule has 3 aromatic heterocycles. The summed E-state index contributed by atoms with van der Waals surface area (Å²) in [7, 11) is 2.85. The van der Waals surface area contributed by atoms with E-state index in [2.05, 4.69) is 15.5 Å². The first kappa shape index (κ1) is 16.0. The van der Waals surface area contributed by atoms with E-state index in [1.165, 1.54) is 16.3 Å². The fraction of sp³-hybridized carbons (Fsp3) is 0.200. The molecule has 1 amide bonds. The number of rotatable bonds is 3. The fourth-order valence-corrected chi connectivity index (χ4v) is 2.70. The number of nitrogens with zero attached hydrogens (tertiary/aromatic N) is 4. The summed E-state index contributed by atoms with van der Waals surface area (Å²) in [6.45, 7) is 1.67. The molecule has 0 aromatic carbocycles. The van der Waals surface area contributed by atoms with Crippen LogP contribution in [-0.4, -0.2) is 38.4 Å². The largest absolute Gasteiger partial charge is 0.464 e. The quantitative estimate of drug-likeness (QED) is 0.732. The van der Waals surface area contributed by atoms with E-state index in [9.17, 15) is 9.59 Å². The number of amides is 1. The molecule has 0 radical (unpaired) electrons. The van der Waals surface area contributed by atoms with Gasteiger partial charge < -0.3 is 10.1 Å². The standard InChI is InChI=1S/C15H14ClN5O3/c1-8-11(13(15(23)24-3)20(2)18-8)17-14(22)12-10(16)9-6-4-5-7-21(9)19-12/h4-7H,1-3H3,(H,17,22). The van der Waals surface area contributed by atoms with E-state index >= 15 is 0 Å². The maximum absolute atomic E-state index is 12.6. The minimum Gasteiger partial charge on any atom is -0.464 e. The minimum absolute atomic E-state index is 0.0573. The molecule has 9 heteroatoms. The van der Waals surface area contributed by atoms with Gasteiger partial charge in [-0.05, 0) is 19.1 Å². The second-order valence-electron chi connectivity index (χ2n) is 5.07. The Balaban J connectivity index is 2.01. The molecule has 8 nitrogen and oxygen atoms in total. The number of hydrogen-bond donors (Lipinski definition) is 1. The van der Waals surface area contributed by atoms with Gasteiger partial charge in [-0.2, -0.15) is 10.2 Å². The van der Waals surface area contributed by atoms with Crippen molar-refractivity contribution in [1.29, 1.82) is 0 Å². The maximum Gasteiger partial charge on any atom is 0.358 e. The molecule has 0 spiro atoms. The predicted octanol–water partition coefficient (Wildman–Crippen LogP) is 2.07. The molecule has 3 rings (SSSR count). The van der Waals surface area contributed by atoms with Crippen molar-refractivity contribution in [2.75, 3.05) is 12.4 Å². The summed E-state index contributed by atoms with van der Waals surface area (Å²) in [5, 5.41) is 11.2. The highest BCUT2D eigenvalue weighted by Crippen LogP contribution is 2.25. The maximum atomic E-state index is 12.6. The fourth-order valence-electron chi connectivity index (χ4n) is 2.42. The van der Waals surface area contributed by atoms with Crippen molar-refractivity contribution >= 4 is 34.7 Å². The van der Waals surface area contributed by atoms with Gasteiger partial charge in [0.15, 0.2) is 11.4 Å². The number of carbonyl (C=O) groups excluding carboxylic acids is 2. The van der Waals surface area contributed by atoms with Gasteiger partial charge in [0.05, 0.1) is 29.0 Å². The van der Waals surface area contributed by atoms with Crippen molar-refractivity contribution in [1.82, 2.24) is 19.4 Å². The Kier molecular flexibility index (Phi) is 3.98. The molecule has 3 aromatic rings. The van der Waals surface area contributed by atoms with Crippen molar-refractivity contribution in [3.8, 4) is 0 Å². The van der Waals surface area contributed by atoms with Gasteiger partial charge in [0, 0.05) is 13.2 Å². The Hall–Kier alpha value is -2.87. The first-order chi connectivity index (χ1) is 11.4. The van der Waals surface area contributed by atoms with Gasteiger partial charge >= 0.3 is 5.97 Å². The van der Waals surface area contributed by atoms with Gasteiger partial charge in [0.1, 0.15) is 0 Å². The Morgan fingerprint density at radius 2 is 2.04 bits per heavy atom. The molecule has 1 N–H and O–H groups in total. The Morgan fingerprint density at radius 3 is 2.71 bits per heavy atom. The number of anilines is 1. The number of hydrogen-bond acceptors (Lipinski definition) is 5. The molecule has 0 saturated heterocycles. The van der Waals surface area contributed by atoms with Gasteiger partial charge in [-0.3, -0.25) is 9.48 Å². The lowest BCUT2D eigenvalue weighted by Gasteiger charge is -2.06. The number of carbonyl (C=O) groups is 2. The van der Waals surface area contributed by atoms with E-state index in [4.69, 9.17) is 16.3 Å². The lowest BCUT2D eigenvalue weighted by molar-refractivity contribution is 0.0589. The lowest BCUT2D eigenvalue weighted by Crippen LogP contribution is -2.17.